The number of hydrogen-bond acceptors (Lipinski definition) is 3. The minimum absolute atomic E-state index is 0.470. The van der Waals surface area contributed by atoms with Crippen molar-refractivity contribution in [3.05, 3.63) is 241 Å². The molecule has 4 heteroatoms. The summed E-state index contributed by atoms with van der Waals surface area (Å²) in [7, 11) is 0. The van der Waals surface area contributed by atoms with Crippen molar-refractivity contribution in [3.8, 4) is 73.2 Å². The van der Waals surface area contributed by atoms with E-state index < -0.39 is 5.41 Å². The summed E-state index contributed by atoms with van der Waals surface area (Å²) in [6.45, 7) is 0. The van der Waals surface area contributed by atoms with Gasteiger partial charge in [-0.25, -0.2) is 15.0 Å². The van der Waals surface area contributed by atoms with Gasteiger partial charge in [-0.15, -0.1) is 0 Å². The van der Waals surface area contributed by atoms with E-state index in [1.165, 1.54) is 55.5 Å². The minimum atomic E-state index is -0.470. The summed E-state index contributed by atoms with van der Waals surface area (Å²) in [5.41, 5.74) is 18.4. The Morgan fingerprint density at radius 1 is 0.323 bits per heavy atom. The lowest BCUT2D eigenvalue weighted by molar-refractivity contribution is 0.796. The van der Waals surface area contributed by atoms with Gasteiger partial charge in [0.25, 0.3) is 0 Å². The molecular weight excluding hydrogens is 753 g/mol. The molecule has 0 saturated carbocycles. The number of benzene rings is 9. The van der Waals surface area contributed by atoms with Crippen LogP contribution in [0.5, 0.6) is 0 Å². The average molecular weight is 789 g/mol. The molecule has 0 atom stereocenters. The normalized spacial score (nSPS) is 13.0. The smallest absolute Gasteiger partial charge is 0.166 e. The molecule has 0 amide bonds. The van der Waals surface area contributed by atoms with E-state index in [1.807, 2.05) is 18.2 Å². The van der Waals surface area contributed by atoms with Gasteiger partial charge in [0.05, 0.1) is 16.4 Å². The van der Waals surface area contributed by atoms with Crippen molar-refractivity contribution in [2.45, 2.75) is 5.41 Å². The molecule has 2 aromatic heterocycles. The Kier molecular flexibility index (Phi) is 7.49. The van der Waals surface area contributed by atoms with E-state index in [0.717, 1.165) is 44.4 Å². The first-order valence-corrected chi connectivity index (χ1v) is 21.2. The fraction of sp³-hybridized carbons (Fsp3) is 0.0172. The molecule has 288 valence electrons. The van der Waals surface area contributed by atoms with Gasteiger partial charge >= 0.3 is 0 Å². The molecule has 2 heterocycles. The Labute approximate surface area is 359 Å². The van der Waals surface area contributed by atoms with Crippen molar-refractivity contribution < 1.29 is 0 Å². The zero-order valence-corrected chi connectivity index (χ0v) is 33.6. The second-order valence-electron chi connectivity index (χ2n) is 16.3. The maximum atomic E-state index is 5.39. The summed E-state index contributed by atoms with van der Waals surface area (Å²) in [5.74, 6) is 1.88. The maximum Gasteiger partial charge on any atom is 0.166 e. The Morgan fingerprint density at radius 3 is 1.52 bits per heavy atom. The number of nitrogens with zero attached hydrogens (tertiary/aromatic N) is 4. The van der Waals surface area contributed by atoms with E-state index in [0.29, 0.717) is 17.5 Å². The summed E-state index contributed by atoms with van der Waals surface area (Å²) < 4.78 is 2.34. The number of hydrogen-bond donors (Lipinski definition) is 0. The second kappa shape index (κ2) is 13.4. The Balaban J connectivity index is 1.04. The fourth-order valence-corrected chi connectivity index (χ4v) is 10.6. The van der Waals surface area contributed by atoms with Crippen molar-refractivity contribution >= 4 is 21.8 Å². The molecule has 0 unspecified atom stereocenters. The molecule has 0 bridgehead atoms. The predicted octanol–water partition coefficient (Wildman–Crippen LogP) is 14.0. The van der Waals surface area contributed by atoms with E-state index >= 15 is 0 Å². The van der Waals surface area contributed by atoms with Crippen molar-refractivity contribution in [2.75, 3.05) is 0 Å². The summed E-state index contributed by atoms with van der Waals surface area (Å²) in [6.07, 6.45) is 0. The summed E-state index contributed by atoms with van der Waals surface area (Å²) in [4.78, 5) is 15.9. The number of aromatic nitrogens is 4. The van der Waals surface area contributed by atoms with Gasteiger partial charge in [-0.05, 0) is 86.0 Å². The second-order valence-corrected chi connectivity index (χ2v) is 16.3. The molecule has 9 aromatic carbocycles. The standard InChI is InChI=1S/C58H36N4/c1-3-18-37(19-4-1)55-59-56(61-57(60-55)48-31-17-30-47-45-27-10-14-35-52(45)62(54(47)48)40-22-5-2-6-23-40)39-21-15-20-38(36-39)41-28-16-29-46-44-26-9-13-34-51(44)58(53(41)46)49-32-11-7-24-42(49)43-25-8-12-33-50(43)58/h1-36H. The van der Waals surface area contributed by atoms with E-state index in [1.54, 1.807) is 0 Å². The average Bonchev–Trinajstić information content (AvgIpc) is 3.97. The van der Waals surface area contributed by atoms with Gasteiger partial charge in [0.2, 0.25) is 0 Å². The van der Waals surface area contributed by atoms with Gasteiger partial charge in [-0.3, -0.25) is 0 Å². The lowest BCUT2D eigenvalue weighted by Gasteiger charge is -2.32. The SMILES string of the molecule is c1ccc(-c2nc(-c3cccc(-c4cccc5c4C4(c6ccccc6-c6ccccc64)c4ccccc4-5)c3)nc(-c3cccc4c5ccccc5n(-c5ccccc5)c34)n2)cc1. The first-order valence-electron chi connectivity index (χ1n) is 21.2. The molecule has 13 rings (SSSR count). The van der Waals surface area contributed by atoms with Crippen LogP contribution >= 0.6 is 0 Å². The number of rotatable bonds is 5. The zero-order valence-electron chi connectivity index (χ0n) is 33.6. The first-order chi connectivity index (χ1) is 30.8. The van der Waals surface area contributed by atoms with Crippen LogP contribution in [0.15, 0.2) is 218 Å². The highest BCUT2D eigenvalue weighted by atomic mass is 15.0. The number of para-hydroxylation sites is 3. The van der Waals surface area contributed by atoms with Gasteiger partial charge in [0, 0.05) is 33.2 Å². The van der Waals surface area contributed by atoms with E-state index in [4.69, 9.17) is 15.0 Å². The minimum Gasteiger partial charge on any atom is -0.309 e. The maximum absolute atomic E-state index is 5.39. The van der Waals surface area contributed by atoms with Crippen molar-refractivity contribution in [1.29, 1.82) is 0 Å². The van der Waals surface area contributed by atoms with Crippen molar-refractivity contribution in [1.82, 2.24) is 19.5 Å². The molecule has 0 N–H and O–H groups in total. The summed E-state index contributed by atoms with van der Waals surface area (Å²) in [5, 5.41) is 2.33. The predicted molar refractivity (Wildman–Crippen MR) is 252 cm³/mol. The van der Waals surface area contributed by atoms with Gasteiger partial charge in [0.1, 0.15) is 0 Å². The van der Waals surface area contributed by atoms with Crippen LogP contribution in [0.25, 0.3) is 95.0 Å². The Bertz CT molecular complexity index is 3520. The molecule has 0 saturated heterocycles. The van der Waals surface area contributed by atoms with Crippen molar-refractivity contribution in [3.63, 3.8) is 0 Å². The Hall–Kier alpha value is -8.21. The topological polar surface area (TPSA) is 43.6 Å². The van der Waals surface area contributed by atoms with Crippen LogP contribution in [0.3, 0.4) is 0 Å². The summed E-state index contributed by atoms with van der Waals surface area (Å²) >= 11 is 0. The highest BCUT2D eigenvalue weighted by molar-refractivity contribution is 6.13. The molecule has 11 aromatic rings. The molecule has 1 spiro atoms. The Morgan fingerprint density at radius 2 is 0.790 bits per heavy atom. The molecule has 2 aliphatic rings. The largest absolute Gasteiger partial charge is 0.309 e. The van der Waals surface area contributed by atoms with E-state index in [9.17, 15) is 0 Å². The van der Waals surface area contributed by atoms with Crippen LogP contribution in [0, 0.1) is 0 Å². The molecule has 0 aliphatic heterocycles. The lowest BCUT2D eigenvalue weighted by Crippen LogP contribution is -2.26. The van der Waals surface area contributed by atoms with Gasteiger partial charge < -0.3 is 4.57 Å². The van der Waals surface area contributed by atoms with Crippen LogP contribution in [0.2, 0.25) is 0 Å². The van der Waals surface area contributed by atoms with Crippen LogP contribution in [-0.4, -0.2) is 19.5 Å². The third kappa shape index (κ3) is 4.86. The number of fused-ring (bicyclic) bond motifs is 13. The van der Waals surface area contributed by atoms with E-state index in [-0.39, 0.29) is 0 Å². The van der Waals surface area contributed by atoms with Crippen LogP contribution < -0.4 is 0 Å². The lowest BCUT2D eigenvalue weighted by atomic mass is 9.68. The molecule has 4 nitrogen and oxygen atoms in total. The molecule has 62 heavy (non-hydrogen) atoms. The molecular formula is C58H36N4. The van der Waals surface area contributed by atoms with Crippen LogP contribution in [0.4, 0.5) is 0 Å². The van der Waals surface area contributed by atoms with Crippen molar-refractivity contribution in [2.24, 2.45) is 0 Å². The third-order valence-electron chi connectivity index (χ3n) is 13.1. The van der Waals surface area contributed by atoms with Crippen LogP contribution in [-0.2, 0) is 5.41 Å². The van der Waals surface area contributed by atoms with Gasteiger partial charge in [-0.1, -0.05) is 188 Å². The quantitative estimate of drug-likeness (QED) is 0.174. The van der Waals surface area contributed by atoms with E-state index in [2.05, 4.69) is 205 Å². The summed E-state index contributed by atoms with van der Waals surface area (Å²) in [6, 6.07) is 78.5. The fourth-order valence-electron chi connectivity index (χ4n) is 10.6. The van der Waals surface area contributed by atoms with Gasteiger partial charge in [0.15, 0.2) is 17.5 Å². The first kappa shape index (κ1) is 34.6. The monoisotopic (exact) mass is 788 g/mol. The highest BCUT2D eigenvalue weighted by Gasteiger charge is 2.52. The molecule has 0 fully saturated rings. The molecule has 0 radical (unpaired) electrons. The molecule has 2 aliphatic carbocycles. The third-order valence-corrected chi connectivity index (χ3v) is 13.1. The highest BCUT2D eigenvalue weighted by Crippen LogP contribution is 2.64. The van der Waals surface area contributed by atoms with Gasteiger partial charge in [-0.2, -0.15) is 0 Å². The van der Waals surface area contributed by atoms with Crippen LogP contribution in [0.1, 0.15) is 22.3 Å². The zero-order chi connectivity index (χ0) is 40.8.